The van der Waals surface area contributed by atoms with Crippen molar-refractivity contribution >= 4 is 28.5 Å². The van der Waals surface area contributed by atoms with Gasteiger partial charge in [-0.2, -0.15) is 9.36 Å². The number of amides is 2. The molecule has 1 aromatic heterocycles. The Morgan fingerprint density at radius 1 is 1.17 bits per heavy atom. The maximum atomic E-state index is 13.1. The Hall–Kier alpha value is -3.33. The van der Waals surface area contributed by atoms with Crippen LogP contribution in [-0.4, -0.2) is 27.8 Å². The van der Waals surface area contributed by atoms with Crippen LogP contribution in [0.4, 0.5) is 9.52 Å². The van der Waals surface area contributed by atoms with Gasteiger partial charge in [0.2, 0.25) is 16.9 Å². The molecule has 2 amide bonds. The first-order valence-corrected chi connectivity index (χ1v) is 10.1. The lowest BCUT2D eigenvalue weighted by atomic mass is 10.0. The highest BCUT2D eigenvalue weighted by Gasteiger charge is 2.21. The minimum atomic E-state index is -0.560. The summed E-state index contributed by atoms with van der Waals surface area (Å²) in [6, 6.07) is 12.5. The molecule has 0 aliphatic carbocycles. The third-order valence-electron chi connectivity index (χ3n) is 4.14. The molecule has 0 spiro atoms. The highest BCUT2D eigenvalue weighted by molar-refractivity contribution is 7.10. The average molecular weight is 428 g/mol. The summed E-state index contributed by atoms with van der Waals surface area (Å²) in [6.07, 6.45) is -0.00483. The fourth-order valence-electron chi connectivity index (χ4n) is 2.89. The lowest BCUT2D eigenvalue weighted by Crippen LogP contribution is -2.30. The van der Waals surface area contributed by atoms with E-state index in [2.05, 4.69) is 20.0 Å². The molecule has 7 nitrogen and oxygen atoms in total. The molecular weight excluding hydrogens is 407 g/mol. The highest BCUT2D eigenvalue weighted by Crippen LogP contribution is 2.28. The van der Waals surface area contributed by atoms with Crippen LogP contribution in [0, 0.1) is 5.82 Å². The number of carbonyl (C=O) groups is 2. The van der Waals surface area contributed by atoms with Gasteiger partial charge in [-0.3, -0.25) is 9.59 Å². The van der Waals surface area contributed by atoms with Gasteiger partial charge in [0, 0.05) is 29.6 Å². The van der Waals surface area contributed by atoms with Crippen LogP contribution in [0.15, 0.2) is 48.5 Å². The molecule has 0 aliphatic rings. The number of hydrogen-bond donors (Lipinski definition) is 2. The van der Waals surface area contributed by atoms with E-state index >= 15 is 0 Å². The molecule has 0 bridgehead atoms. The Bertz CT molecular complexity index is 1020. The monoisotopic (exact) mass is 428 g/mol. The minimum Gasteiger partial charge on any atom is -0.494 e. The first kappa shape index (κ1) is 21.4. The van der Waals surface area contributed by atoms with Crippen molar-refractivity contribution in [2.75, 3.05) is 11.9 Å². The van der Waals surface area contributed by atoms with Crippen LogP contribution in [0.5, 0.6) is 5.75 Å². The van der Waals surface area contributed by atoms with E-state index in [1.807, 2.05) is 25.1 Å². The number of rotatable bonds is 8. The SMILES string of the molecule is CCOc1ccccc1C(CC(=O)Nc1nc(-c2ccc(F)cc2)ns1)NC(C)=O. The second-order valence-electron chi connectivity index (χ2n) is 6.41. The lowest BCUT2D eigenvalue weighted by Gasteiger charge is -2.20. The molecule has 2 N–H and O–H groups in total. The zero-order chi connectivity index (χ0) is 21.5. The number of aromatic nitrogens is 2. The largest absolute Gasteiger partial charge is 0.494 e. The molecule has 0 saturated carbocycles. The van der Waals surface area contributed by atoms with Crippen molar-refractivity contribution in [1.82, 2.24) is 14.7 Å². The van der Waals surface area contributed by atoms with Gasteiger partial charge in [-0.05, 0) is 37.3 Å². The zero-order valence-corrected chi connectivity index (χ0v) is 17.3. The number of halogens is 1. The molecule has 1 heterocycles. The second kappa shape index (κ2) is 9.93. The van der Waals surface area contributed by atoms with E-state index in [1.54, 1.807) is 18.2 Å². The van der Waals surface area contributed by atoms with E-state index in [9.17, 15) is 14.0 Å². The molecule has 3 aromatic rings. The molecule has 0 fully saturated rings. The van der Waals surface area contributed by atoms with Crippen molar-refractivity contribution < 1.29 is 18.7 Å². The van der Waals surface area contributed by atoms with Crippen LogP contribution in [0.25, 0.3) is 11.4 Å². The third kappa shape index (κ3) is 5.60. The highest BCUT2D eigenvalue weighted by atomic mass is 32.1. The molecule has 9 heteroatoms. The summed E-state index contributed by atoms with van der Waals surface area (Å²) in [5.74, 6) is 0.0748. The van der Waals surface area contributed by atoms with E-state index in [4.69, 9.17) is 4.74 Å². The van der Waals surface area contributed by atoms with E-state index in [0.717, 1.165) is 11.5 Å². The van der Waals surface area contributed by atoms with E-state index < -0.39 is 6.04 Å². The Balaban J connectivity index is 1.72. The first-order valence-electron chi connectivity index (χ1n) is 9.34. The number of hydrogen-bond acceptors (Lipinski definition) is 6. The Kier molecular flexibility index (Phi) is 7.08. The average Bonchev–Trinajstić information content (AvgIpc) is 3.16. The summed E-state index contributed by atoms with van der Waals surface area (Å²) >= 11 is 1.03. The normalized spacial score (nSPS) is 11.6. The van der Waals surface area contributed by atoms with Gasteiger partial charge in [0.25, 0.3) is 0 Å². The predicted octanol–water partition coefficient (Wildman–Crippen LogP) is 3.95. The molecule has 3 rings (SSSR count). The van der Waals surface area contributed by atoms with Gasteiger partial charge in [-0.15, -0.1) is 0 Å². The zero-order valence-electron chi connectivity index (χ0n) is 16.5. The number of nitrogens with zero attached hydrogens (tertiary/aromatic N) is 2. The van der Waals surface area contributed by atoms with Crippen LogP contribution in [0.3, 0.4) is 0 Å². The molecule has 1 atom stereocenters. The maximum Gasteiger partial charge on any atom is 0.228 e. The summed E-state index contributed by atoms with van der Waals surface area (Å²) in [6.45, 7) is 3.73. The standard InChI is InChI=1S/C21H21FN4O3S/c1-3-29-18-7-5-4-6-16(18)17(23-13(2)27)12-19(28)24-21-25-20(26-30-21)14-8-10-15(22)11-9-14/h4-11,17H,3,12H2,1-2H3,(H,23,27)(H,24,25,26,28). The lowest BCUT2D eigenvalue weighted by molar-refractivity contribution is -0.120. The van der Waals surface area contributed by atoms with Crippen LogP contribution < -0.4 is 15.4 Å². The number of carbonyl (C=O) groups excluding carboxylic acids is 2. The van der Waals surface area contributed by atoms with Gasteiger partial charge in [0.05, 0.1) is 19.1 Å². The van der Waals surface area contributed by atoms with Crippen molar-refractivity contribution in [3.63, 3.8) is 0 Å². The summed E-state index contributed by atoms with van der Waals surface area (Å²) < 4.78 is 22.9. The third-order valence-corrected chi connectivity index (χ3v) is 4.77. The van der Waals surface area contributed by atoms with Crippen LogP contribution >= 0.6 is 11.5 Å². The fourth-order valence-corrected chi connectivity index (χ4v) is 3.49. The molecular formula is C21H21FN4O3S. The maximum absolute atomic E-state index is 13.1. The van der Waals surface area contributed by atoms with Crippen LogP contribution in [0.2, 0.25) is 0 Å². The van der Waals surface area contributed by atoms with E-state index in [-0.39, 0.29) is 24.1 Å². The Morgan fingerprint density at radius 2 is 1.90 bits per heavy atom. The minimum absolute atomic E-state index is 0.00483. The Labute approximate surface area is 177 Å². The second-order valence-corrected chi connectivity index (χ2v) is 7.16. The Morgan fingerprint density at radius 3 is 2.60 bits per heavy atom. The smallest absolute Gasteiger partial charge is 0.228 e. The molecule has 1 unspecified atom stereocenters. The summed E-state index contributed by atoms with van der Waals surface area (Å²) in [5.41, 5.74) is 1.36. The number of anilines is 1. The van der Waals surface area contributed by atoms with Gasteiger partial charge in [-0.1, -0.05) is 18.2 Å². The van der Waals surface area contributed by atoms with Crippen molar-refractivity contribution in [2.45, 2.75) is 26.3 Å². The van der Waals surface area contributed by atoms with Gasteiger partial charge in [0.1, 0.15) is 11.6 Å². The van der Waals surface area contributed by atoms with E-state index in [0.29, 0.717) is 34.4 Å². The van der Waals surface area contributed by atoms with E-state index in [1.165, 1.54) is 19.1 Å². The number of ether oxygens (including phenoxy) is 1. The van der Waals surface area contributed by atoms with Crippen molar-refractivity contribution in [1.29, 1.82) is 0 Å². The summed E-state index contributed by atoms with van der Waals surface area (Å²) in [4.78, 5) is 28.6. The van der Waals surface area contributed by atoms with Gasteiger partial charge < -0.3 is 15.4 Å². The van der Waals surface area contributed by atoms with Crippen LogP contribution in [0.1, 0.15) is 31.9 Å². The van der Waals surface area contributed by atoms with Gasteiger partial charge in [-0.25, -0.2) is 4.39 Å². The molecule has 0 radical (unpaired) electrons. The topological polar surface area (TPSA) is 93.2 Å². The summed E-state index contributed by atoms with van der Waals surface area (Å²) in [7, 11) is 0. The number of nitrogens with one attached hydrogen (secondary N) is 2. The number of para-hydroxylation sites is 1. The van der Waals surface area contributed by atoms with Crippen molar-refractivity contribution in [2.24, 2.45) is 0 Å². The molecule has 0 saturated heterocycles. The molecule has 2 aromatic carbocycles. The summed E-state index contributed by atoms with van der Waals surface area (Å²) in [5, 5.41) is 5.83. The first-order chi connectivity index (χ1) is 14.5. The van der Waals surface area contributed by atoms with Gasteiger partial charge >= 0.3 is 0 Å². The molecule has 30 heavy (non-hydrogen) atoms. The van der Waals surface area contributed by atoms with Gasteiger partial charge in [0.15, 0.2) is 5.82 Å². The fraction of sp³-hybridized carbons (Fsp3) is 0.238. The van der Waals surface area contributed by atoms with Crippen LogP contribution in [-0.2, 0) is 9.59 Å². The van der Waals surface area contributed by atoms with Crippen molar-refractivity contribution in [3.05, 3.63) is 59.9 Å². The molecule has 156 valence electrons. The predicted molar refractivity (Wildman–Crippen MR) is 113 cm³/mol. The van der Waals surface area contributed by atoms with Crippen molar-refractivity contribution in [3.8, 4) is 17.1 Å². The quantitative estimate of drug-likeness (QED) is 0.567. The molecule has 0 aliphatic heterocycles. The number of benzene rings is 2.